The molecule has 0 bridgehead atoms. The van der Waals surface area contributed by atoms with Crippen LogP contribution in [-0.2, 0) is 10.4 Å². The van der Waals surface area contributed by atoms with E-state index in [9.17, 15) is 4.79 Å². The van der Waals surface area contributed by atoms with E-state index >= 15 is 4.39 Å². The number of rotatable bonds is 8. The minimum atomic E-state index is -0.878. The van der Waals surface area contributed by atoms with Crippen LogP contribution in [0.2, 0.25) is 0 Å². The number of nitrogens with zero attached hydrogens (tertiary/aromatic N) is 3. The molecule has 1 aromatic heterocycles. The lowest BCUT2D eigenvalue weighted by Crippen LogP contribution is -2.40. The van der Waals surface area contributed by atoms with Gasteiger partial charge < -0.3 is 24.4 Å². The molecule has 4 aromatic rings. The van der Waals surface area contributed by atoms with Gasteiger partial charge in [-0.15, -0.1) is 0 Å². The van der Waals surface area contributed by atoms with Crippen molar-refractivity contribution in [1.29, 1.82) is 0 Å². The zero-order valence-electron chi connectivity index (χ0n) is 24.6. The summed E-state index contributed by atoms with van der Waals surface area (Å²) in [4.78, 5) is 22.2. The molecule has 0 unspecified atom stereocenters. The maximum Gasteiger partial charge on any atom is 0.198 e. The fraction of sp³-hybridized carbons (Fsp3) is 0.371. The molecule has 43 heavy (non-hydrogen) atoms. The molecule has 7 nitrogen and oxygen atoms in total. The molecule has 3 fully saturated rings. The van der Waals surface area contributed by atoms with Gasteiger partial charge in [0.05, 0.1) is 29.8 Å². The van der Waals surface area contributed by atoms with Crippen molar-refractivity contribution in [2.24, 2.45) is 11.1 Å². The summed E-state index contributed by atoms with van der Waals surface area (Å²) in [6.45, 7) is 4.45. The number of pyridine rings is 1. The van der Waals surface area contributed by atoms with Crippen molar-refractivity contribution < 1.29 is 14.0 Å². The van der Waals surface area contributed by atoms with Crippen LogP contribution in [-0.4, -0.2) is 43.6 Å². The van der Waals surface area contributed by atoms with E-state index in [2.05, 4.69) is 19.9 Å². The highest BCUT2D eigenvalue weighted by Crippen LogP contribution is 2.45. The lowest BCUT2D eigenvalue weighted by atomic mass is 9.88. The maximum atomic E-state index is 16.0. The highest BCUT2D eigenvalue weighted by Gasteiger charge is 2.38. The Labute approximate surface area is 250 Å². The number of hydrogen-bond donors (Lipinski definition) is 1. The summed E-state index contributed by atoms with van der Waals surface area (Å²) >= 11 is 0. The zero-order valence-corrected chi connectivity index (χ0v) is 24.6. The van der Waals surface area contributed by atoms with Crippen LogP contribution < -0.4 is 20.4 Å². The molecular formula is C35H37FN4O3. The lowest BCUT2D eigenvalue weighted by Gasteiger charge is -2.28. The summed E-state index contributed by atoms with van der Waals surface area (Å²) in [5.41, 5.74) is 2.12. The summed E-state index contributed by atoms with van der Waals surface area (Å²) in [7, 11) is 1.57. The normalized spacial score (nSPS) is 20.5. The van der Waals surface area contributed by atoms with Crippen LogP contribution in [0, 0.1) is 11.7 Å². The van der Waals surface area contributed by atoms with E-state index in [1.165, 1.54) is 12.3 Å². The number of fused-ring (bicyclic) bond motifs is 2. The number of methoxy groups -OCH3 is 1. The second kappa shape index (κ2) is 11.2. The van der Waals surface area contributed by atoms with Crippen molar-refractivity contribution in [2.75, 3.05) is 31.6 Å². The van der Waals surface area contributed by atoms with Crippen LogP contribution in [0.5, 0.6) is 5.75 Å². The second-order valence-corrected chi connectivity index (χ2v) is 12.1. The van der Waals surface area contributed by atoms with Gasteiger partial charge in [0, 0.05) is 42.5 Å². The van der Waals surface area contributed by atoms with Gasteiger partial charge >= 0.3 is 0 Å². The Morgan fingerprint density at radius 2 is 1.72 bits per heavy atom. The highest BCUT2D eigenvalue weighted by atomic mass is 19.1. The van der Waals surface area contributed by atoms with Crippen LogP contribution in [0.25, 0.3) is 10.9 Å². The summed E-state index contributed by atoms with van der Waals surface area (Å²) in [6, 6.07) is 21.7. The minimum Gasteiger partial charge on any atom is -0.492 e. The fourth-order valence-electron chi connectivity index (χ4n) is 6.89. The summed E-state index contributed by atoms with van der Waals surface area (Å²) in [5.74, 6) is 0.474. The standard InChI is InChI=1S/C35H37FN4O3/c1-35(25-11-5-3-6-12-25,26-13-7-4-8-14-26)43-38-19-24-21-40(27-15-16-27)31-28(33(24)41)18-29(36)32(34(31)42-2)39-20-23-10-9-17-37-30(23)22-39/h3-8,11-14,18-19,21,23,27,30,37H,9-10,15-17,20,22H2,1-2H3/b38-19+/t23-,30+/m0/s1. The maximum absolute atomic E-state index is 16.0. The molecule has 3 aliphatic rings. The molecule has 1 N–H and O–H groups in total. The quantitative estimate of drug-likeness (QED) is 0.205. The lowest BCUT2D eigenvalue weighted by molar-refractivity contribution is 0.000678. The average Bonchev–Trinajstić information content (AvgIpc) is 3.80. The van der Waals surface area contributed by atoms with Gasteiger partial charge in [0.1, 0.15) is 5.69 Å². The average molecular weight is 581 g/mol. The molecule has 3 heterocycles. The number of aromatic nitrogens is 1. The molecule has 2 saturated heterocycles. The predicted molar refractivity (Wildman–Crippen MR) is 168 cm³/mol. The summed E-state index contributed by atoms with van der Waals surface area (Å²) in [5, 5.41) is 8.25. The van der Waals surface area contributed by atoms with E-state index in [4.69, 9.17) is 9.57 Å². The first-order valence-corrected chi connectivity index (χ1v) is 15.2. The Morgan fingerprint density at radius 1 is 1.02 bits per heavy atom. The van der Waals surface area contributed by atoms with Gasteiger partial charge in [0.25, 0.3) is 0 Å². The number of halogens is 1. The van der Waals surface area contributed by atoms with E-state index in [0.717, 1.165) is 56.4 Å². The first-order valence-electron chi connectivity index (χ1n) is 15.2. The minimum absolute atomic E-state index is 0.213. The van der Waals surface area contributed by atoms with Gasteiger partial charge in [0.2, 0.25) is 0 Å². The second-order valence-electron chi connectivity index (χ2n) is 12.1. The molecule has 8 heteroatoms. The molecule has 1 aliphatic carbocycles. The topological polar surface area (TPSA) is 68.1 Å². The molecule has 2 atom stereocenters. The van der Waals surface area contributed by atoms with Crippen molar-refractivity contribution >= 4 is 22.8 Å². The monoisotopic (exact) mass is 580 g/mol. The third-order valence-corrected chi connectivity index (χ3v) is 9.36. The number of benzene rings is 3. The van der Waals surface area contributed by atoms with E-state index < -0.39 is 11.4 Å². The Kier molecular flexibility index (Phi) is 7.17. The molecular weight excluding hydrogens is 543 g/mol. The Morgan fingerprint density at radius 3 is 2.35 bits per heavy atom. The fourth-order valence-corrected chi connectivity index (χ4v) is 6.89. The van der Waals surface area contributed by atoms with Gasteiger partial charge in [-0.2, -0.15) is 0 Å². The Bertz CT molecular complexity index is 1670. The van der Waals surface area contributed by atoms with Gasteiger partial charge in [-0.25, -0.2) is 4.39 Å². The van der Waals surface area contributed by atoms with Gasteiger partial charge in [-0.05, 0) is 51.1 Å². The molecule has 0 spiro atoms. The predicted octanol–water partition coefficient (Wildman–Crippen LogP) is 5.99. The van der Waals surface area contributed by atoms with E-state index in [0.29, 0.717) is 34.5 Å². The van der Waals surface area contributed by atoms with Crippen LogP contribution in [0.1, 0.15) is 55.3 Å². The van der Waals surface area contributed by atoms with Crippen LogP contribution in [0.15, 0.2) is 82.9 Å². The van der Waals surface area contributed by atoms with E-state index in [1.54, 1.807) is 7.11 Å². The molecule has 0 amide bonds. The van der Waals surface area contributed by atoms with Gasteiger partial charge in [-0.3, -0.25) is 4.79 Å². The Balaban J connectivity index is 1.29. The van der Waals surface area contributed by atoms with Crippen molar-refractivity contribution in [3.8, 4) is 5.75 Å². The van der Waals surface area contributed by atoms with Crippen molar-refractivity contribution in [3.63, 3.8) is 0 Å². The number of ether oxygens (including phenoxy) is 1. The molecule has 0 radical (unpaired) electrons. The SMILES string of the molecule is COc1c(N2C[C@@H]3CCCN[C@@H]3C2)c(F)cc2c(=O)c(/C=N/OC(C)(c3ccccc3)c3ccccc3)cn(C3CC3)c12. The van der Waals surface area contributed by atoms with E-state index in [1.807, 2.05) is 73.8 Å². The van der Waals surface area contributed by atoms with E-state index in [-0.39, 0.29) is 16.9 Å². The summed E-state index contributed by atoms with van der Waals surface area (Å²) in [6.07, 6.45) is 7.53. The number of anilines is 1. The molecule has 3 aromatic carbocycles. The smallest absolute Gasteiger partial charge is 0.198 e. The third-order valence-electron chi connectivity index (χ3n) is 9.36. The number of oxime groups is 1. The van der Waals surface area contributed by atoms with Crippen molar-refractivity contribution in [1.82, 2.24) is 9.88 Å². The van der Waals surface area contributed by atoms with Crippen LogP contribution in [0.4, 0.5) is 10.1 Å². The number of nitrogens with one attached hydrogen (secondary N) is 1. The van der Waals surface area contributed by atoms with Gasteiger partial charge in [-0.1, -0.05) is 65.8 Å². The largest absolute Gasteiger partial charge is 0.492 e. The van der Waals surface area contributed by atoms with Gasteiger partial charge in [0.15, 0.2) is 22.6 Å². The molecule has 1 saturated carbocycles. The molecule has 222 valence electrons. The first kappa shape index (κ1) is 27.7. The summed E-state index contributed by atoms with van der Waals surface area (Å²) < 4.78 is 24.0. The highest BCUT2D eigenvalue weighted by molar-refractivity contribution is 5.95. The number of hydrogen-bond acceptors (Lipinski definition) is 6. The zero-order chi connectivity index (χ0) is 29.6. The van der Waals surface area contributed by atoms with Crippen molar-refractivity contribution in [2.45, 2.75) is 50.3 Å². The molecule has 2 aliphatic heterocycles. The number of piperidine rings is 1. The van der Waals surface area contributed by atoms with Crippen LogP contribution in [0.3, 0.4) is 0 Å². The molecule has 7 rings (SSSR count). The van der Waals surface area contributed by atoms with Crippen molar-refractivity contribution in [3.05, 3.63) is 106 Å². The first-order chi connectivity index (χ1) is 21.0. The van der Waals surface area contributed by atoms with Crippen LogP contribution >= 0.6 is 0 Å². The Hall–Kier alpha value is -4.17. The third kappa shape index (κ3) is 4.97.